The Labute approximate surface area is 147 Å². The second kappa shape index (κ2) is 8.78. The highest BCUT2D eigenvalue weighted by Crippen LogP contribution is 2.19. The number of benzene rings is 2. The molecule has 2 rings (SSSR count). The molecule has 0 aliphatic heterocycles. The smallest absolute Gasteiger partial charge is 0.306 e. The summed E-state index contributed by atoms with van der Waals surface area (Å²) in [6.07, 6.45) is 0.221. The lowest BCUT2D eigenvalue weighted by Crippen LogP contribution is -2.15. The lowest BCUT2D eigenvalue weighted by atomic mass is 9.98. The van der Waals surface area contributed by atoms with Crippen LogP contribution >= 0.6 is 0 Å². The quantitative estimate of drug-likeness (QED) is 0.618. The van der Waals surface area contributed by atoms with E-state index < -0.39 is 5.97 Å². The molecule has 2 aromatic rings. The number of hydrogen-bond donors (Lipinski definition) is 1. The molecule has 2 aromatic carbocycles. The number of anilines is 1. The molecule has 5 nitrogen and oxygen atoms in total. The number of carbonyl (C=O) groups excluding carboxylic acids is 3. The molecule has 0 saturated heterocycles. The molecule has 1 amide bonds. The second-order valence-corrected chi connectivity index (χ2v) is 5.86. The molecule has 0 spiro atoms. The van der Waals surface area contributed by atoms with Crippen molar-refractivity contribution in [3.8, 4) is 0 Å². The van der Waals surface area contributed by atoms with E-state index in [2.05, 4.69) is 5.32 Å². The molecule has 0 unspecified atom stereocenters. The molecular formula is C20H21NO4. The highest BCUT2D eigenvalue weighted by Gasteiger charge is 2.14. The average Bonchev–Trinajstić information content (AvgIpc) is 2.60. The third-order valence-electron chi connectivity index (χ3n) is 3.73. The van der Waals surface area contributed by atoms with Crippen molar-refractivity contribution in [2.24, 2.45) is 0 Å². The number of nitrogens with one attached hydrogen (secondary N) is 1. The van der Waals surface area contributed by atoms with E-state index in [9.17, 15) is 14.4 Å². The Kier molecular flexibility index (Phi) is 6.46. The van der Waals surface area contributed by atoms with Gasteiger partial charge in [0.15, 0.2) is 12.4 Å². The summed E-state index contributed by atoms with van der Waals surface area (Å²) in [7, 11) is 0. The van der Waals surface area contributed by atoms with Gasteiger partial charge in [-0.25, -0.2) is 0 Å². The maximum atomic E-state index is 12.1. The first-order valence-corrected chi connectivity index (χ1v) is 8.07. The first-order chi connectivity index (χ1) is 12.0. The Balaban J connectivity index is 1.82. The van der Waals surface area contributed by atoms with Gasteiger partial charge in [-0.2, -0.15) is 0 Å². The summed E-state index contributed by atoms with van der Waals surface area (Å²) in [5.74, 6) is -0.837. The van der Waals surface area contributed by atoms with Crippen molar-refractivity contribution < 1.29 is 19.1 Å². The topological polar surface area (TPSA) is 72.5 Å². The van der Waals surface area contributed by atoms with Crippen LogP contribution in [0, 0.1) is 0 Å². The van der Waals surface area contributed by atoms with Crippen molar-refractivity contribution in [3.05, 3.63) is 65.7 Å². The van der Waals surface area contributed by atoms with Crippen LogP contribution in [0.2, 0.25) is 0 Å². The Morgan fingerprint density at radius 1 is 1.00 bits per heavy atom. The van der Waals surface area contributed by atoms with Crippen LogP contribution in [-0.2, 0) is 14.3 Å². The van der Waals surface area contributed by atoms with E-state index in [0.717, 1.165) is 5.56 Å². The zero-order valence-corrected chi connectivity index (χ0v) is 14.3. The second-order valence-electron chi connectivity index (χ2n) is 5.86. The van der Waals surface area contributed by atoms with E-state index in [1.807, 2.05) is 37.3 Å². The number of amides is 1. The van der Waals surface area contributed by atoms with E-state index in [1.54, 1.807) is 24.3 Å². The van der Waals surface area contributed by atoms with Gasteiger partial charge < -0.3 is 10.1 Å². The van der Waals surface area contributed by atoms with Crippen LogP contribution in [0.1, 0.15) is 42.1 Å². The SMILES string of the molecule is CC(=O)Nc1ccc(C(=O)COC(=O)C[C@@H](C)c2ccccc2)cc1. The number of carbonyl (C=O) groups is 3. The fourth-order valence-corrected chi connectivity index (χ4v) is 2.38. The van der Waals surface area contributed by atoms with Gasteiger partial charge >= 0.3 is 5.97 Å². The highest BCUT2D eigenvalue weighted by molar-refractivity contribution is 5.98. The van der Waals surface area contributed by atoms with Crippen LogP contribution in [0.25, 0.3) is 0 Å². The van der Waals surface area contributed by atoms with Crippen LogP contribution in [0.4, 0.5) is 5.69 Å². The summed E-state index contributed by atoms with van der Waals surface area (Å²) < 4.78 is 5.09. The van der Waals surface area contributed by atoms with Crippen LogP contribution in [0.15, 0.2) is 54.6 Å². The third kappa shape index (κ3) is 5.88. The Morgan fingerprint density at radius 3 is 2.24 bits per heavy atom. The molecule has 0 saturated carbocycles. The molecule has 0 radical (unpaired) electrons. The average molecular weight is 339 g/mol. The normalized spacial score (nSPS) is 11.4. The van der Waals surface area contributed by atoms with Crippen molar-refractivity contribution >= 4 is 23.3 Å². The largest absolute Gasteiger partial charge is 0.457 e. The molecule has 25 heavy (non-hydrogen) atoms. The maximum absolute atomic E-state index is 12.1. The first kappa shape index (κ1) is 18.4. The van der Waals surface area contributed by atoms with Gasteiger partial charge in [0.25, 0.3) is 0 Å². The molecule has 130 valence electrons. The summed E-state index contributed by atoms with van der Waals surface area (Å²) >= 11 is 0. The van der Waals surface area contributed by atoms with E-state index in [0.29, 0.717) is 11.3 Å². The van der Waals surface area contributed by atoms with Gasteiger partial charge in [-0.05, 0) is 35.7 Å². The van der Waals surface area contributed by atoms with E-state index >= 15 is 0 Å². The molecule has 0 aromatic heterocycles. The van der Waals surface area contributed by atoms with Gasteiger partial charge in [0.1, 0.15) is 0 Å². The molecule has 0 bridgehead atoms. The van der Waals surface area contributed by atoms with Gasteiger partial charge in [-0.3, -0.25) is 14.4 Å². The van der Waals surface area contributed by atoms with Crippen LogP contribution in [0.3, 0.4) is 0 Å². The lowest BCUT2D eigenvalue weighted by Gasteiger charge is -2.11. The minimum atomic E-state index is -0.403. The number of rotatable bonds is 7. The first-order valence-electron chi connectivity index (χ1n) is 8.07. The molecular weight excluding hydrogens is 318 g/mol. The summed E-state index contributed by atoms with van der Waals surface area (Å²) in [4.78, 5) is 35.0. The number of Topliss-reactive ketones (excluding diaryl/α,β-unsaturated/α-hetero) is 1. The molecule has 0 heterocycles. The van der Waals surface area contributed by atoms with Gasteiger partial charge in [0, 0.05) is 18.2 Å². The van der Waals surface area contributed by atoms with Gasteiger partial charge in [0.2, 0.25) is 5.91 Å². The van der Waals surface area contributed by atoms with E-state index in [4.69, 9.17) is 4.74 Å². The Bertz CT molecular complexity index is 738. The fraction of sp³-hybridized carbons (Fsp3) is 0.250. The van der Waals surface area contributed by atoms with Crippen molar-refractivity contribution in [1.82, 2.24) is 0 Å². The summed E-state index contributed by atoms with van der Waals surface area (Å²) in [6.45, 7) is 3.06. The van der Waals surface area contributed by atoms with Crippen molar-refractivity contribution in [3.63, 3.8) is 0 Å². The van der Waals surface area contributed by atoms with Crippen LogP contribution in [0.5, 0.6) is 0 Å². The van der Waals surface area contributed by atoms with Gasteiger partial charge in [-0.1, -0.05) is 37.3 Å². The predicted octanol–water partition coefficient (Wildman–Crippen LogP) is 3.56. The van der Waals surface area contributed by atoms with Crippen molar-refractivity contribution in [2.75, 3.05) is 11.9 Å². The fourth-order valence-electron chi connectivity index (χ4n) is 2.38. The molecule has 1 atom stereocenters. The Hall–Kier alpha value is -2.95. The highest BCUT2D eigenvalue weighted by atomic mass is 16.5. The lowest BCUT2D eigenvalue weighted by molar-refractivity contribution is -0.142. The standard InChI is InChI=1S/C20H21NO4/c1-14(16-6-4-3-5-7-16)12-20(24)25-13-19(23)17-8-10-18(11-9-17)21-15(2)22/h3-11,14H,12-13H2,1-2H3,(H,21,22)/t14-/m1/s1. The zero-order chi connectivity index (χ0) is 18.2. The van der Waals surface area contributed by atoms with Crippen molar-refractivity contribution in [2.45, 2.75) is 26.2 Å². The molecule has 0 aliphatic rings. The van der Waals surface area contributed by atoms with Gasteiger partial charge in [0.05, 0.1) is 6.42 Å². The van der Waals surface area contributed by atoms with Crippen molar-refractivity contribution in [1.29, 1.82) is 0 Å². The van der Waals surface area contributed by atoms with E-state index in [1.165, 1.54) is 6.92 Å². The molecule has 1 N–H and O–H groups in total. The predicted molar refractivity (Wildman–Crippen MR) is 95.5 cm³/mol. The summed E-state index contributed by atoms with van der Waals surface area (Å²) in [5.41, 5.74) is 2.09. The molecule has 0 fully saturated rings. The molecule has 5 heteroatoms. The number of esters is 1. The molecule has 0 aliphatic carbocycles. The number of hydrogen-bond acceptors (Lipinski definition) is 4. The van der Waals surface area contributed by atoms with E-state index in [-0.39, 0.29) is 30.6 Å². The Morgan fingerprint density at radius 2 is 1.64 bits per heavy atom. The monoisotopic (exact) mass is 339 g/mol. The van der Waals surface area contributed by atoms with Crippen LogP contribution in [-0.4, -0.2) is 24.3 Å². The number of ether oxygens (including phenoxy) is 1. The zero-order valence-electron chi connectivity index (χ0n) is 14.3. The maximum Gasteiger partial charge on any atom is 0.306 e. The summed E-state index contributed by atoms with van der Waals surface area (Å²) in [5, 5.41) is 2.62. The third-order valence-corrected chi connectivity index (χ3v) is 3.73. The van der Waals surface area contributed by atoms with Crippen LogP contribution < -0.4 is 5.32 Å². The summed E-state index contributed by atoms with van der Waals surface area (Å²) in [6, 6.07) is 16.1. The number of ketones is 1. The minimum Gasteiger partial charge on any atom is -0.457 e. The minimum absolute atomic E-state index is 0.0285. The van der Waals surface area contributed by atoms with Gasteiger partial charge in [-0.15, -0.1) is 0 Å².